The fourth-order valence-electron chi connectivity index (χ4n) is 2.17. The highest BCUT2D eigenvalue weighted by molar-refractivity contribution is 5.74. The van der Waals surface area contributed by atoms with E-state index in [-0.39, 0.29) is 5.54 Å². The van der Waals surface area contributed by atoms with Crippen molar-refractivity contribution in [3.05, 3.63) is 24.3 Å². The van der Waals surface area contributed by atoms with Gasteiger partial charge in [0.2, 0.25) is 0 Å². The number of nitrogens with zero attached hydrogens (tertiary/aromatic N) is 2. The van der Waals surface area contributed by atoms with Crippen LogP contribution >= 0.6 is 0 Å². The third-order valence-electron chi connectivity index (χ3n) is 3.19. The Hall–Kier alpha value is -1.18. The Balaban J connectivity index is 2.52. The van der Waals surface area contributed by atoms with Crippen molar-refractivity contribution in [2.75, 3.05) is 30.4 Å². The van der Waals surface area contributed by atoms with Crippen molar-refractivity contribution in [1.82, 2.24) is 0 Å². The predicted molar refractivity (Wildman–Crippen MR) is 62.2 cm³/mol. The average molecular weight is 190 g/mol. The van der Waals surface area contributed by atoms with Crippen LogP contribution in [0.2, 0.25) is 0 Å². The summed E-state index contributed by atoms with van der Waals surface area (Å²) >= 11 is 0. The molecular weight excluding hydrogens is 172 g/mol. The zero-order valence-electron chi connectivity index (χ0n) is 9.41. The van der Waals surface area contributed by atoms with E-state index in [1.807, 2.05) is 0 Å². The molecule has 1 aromatic rings. The van der Waals surface area contributed by atoms with Crippen LogP contribution in [0.1, 0.15) is 13.8 Å². The first-order valence-electron chi connectivity index (χ1n) is 5.06. The van der Waals surface area contributed by atoms with Crippen molar-refractivity contribution in [3.8, 4) is 0 Å². The lowest BCUT2D eigenvalue weighted by Gasteiger charge is -2.47. The number of likely N-dealkylation sites (N-methyl/N-ethyl adjacent to an activating group) is 2. The van der Waals surface area contributed by atoms with Crippen LogP contribution in [0.3, 0.4) is 0 Å². The van der Waals surface area contributed by atoms with Crippen molar-refractivity contribution in [2.24, 2.45) is 0 Å². The number of rotatable bonds is 0. The van der Waals surface area contributed by atoms with Gasteiger partial charge < -0.3 is 9.80 Å². The molecule has 0 unspecified atom stereocenters. The highest BCUT2D eigenvalue weighted by atomic mass is 15.3. The fraction of sp³-hybridized carbons (Fsp3) is 0.500. The lowest BCUT2D eigenvalue weighted by Crippen LogP contribution is -2.53. The summed E-state index contributed by atoms with van der Waals surface area (Å²) in [6, 6.07) is 8.57. The minimum atomic E-state index is 0.211. The summed E-state index contributed by atoms with van der Waals surface area (Å²) in [4.78, 5) is 4.69. The van der Waals surface area contributed by atoms with Gasteiger partial charge in [-0.25, -0.2) is 0 Å². The molecule has 0 saturated heterocycles. The molecule has 0 atom stereocenters. The van der Waals surface area contributed by atoms with Crippen LogP contribution in [0.4, 0.5) is 11.4 Å². The van der Waals surface area contributed by atoms with E-state index in [2.05, 4.69) is 62.0 Å². The molecular formula is C12H18N2. The maximum absolute atomic E-state index is 2.36. The van der Waals surface area contributed by atoms with Crippen molar-refractivity contribution in [3.63, 3.8) is 0 Å². The van der Waals surface area contributed by atoms with E-state index in [1.165, 1.54) is 11.4 Å². The summed E-state index contributed by atoms with van der Waals surface area (Å²) in [6.45, 7) is 5.62. The summed E-state index contributed by atoms with van der Waals surface area (Å²) < 4.78 is 0. The zero-order chi connectivity index (χ0) is 10.3. The number of para-hydroxylation sites is 2. The van der Waals surface area contributed by atoms with Gasteiger partial charge in [-0.1, -0.05) is 12.1 Å². The standard InChI is InChI=1S/C12H18N2/c1-12(2)9-13(3)10-7-5-6-8-11(10)14(12)4/h5-8H,9H2,1-4H3. The van der Waals surface area contributed by atoms with Crippen molar-refractivity contribution in [1.29, 1.82) is 0 Å². The highest BCUT2D eigenvalue weighted by Crippen LogP contribution is 2.37. The predicted octanol–water partition coefficient (Wildman–Crippen LogP) is 2.35. The average Bonchev–Trinajstić information content (AvgIpc) is 2.14. The Kier molecular flexibility index (Phi) is 1.95. The quantitative estimate of drug-likeness (QED) is 0.619. The molecule has 0 saturated carbocycles. The summed E-state index contributed by atoms with van der Waals surface area (Å²) in [6.07, 6.45) is 0. The minimum absolute atomic E-state index is 0.211. The summed E-state index contributed by atoms with van der Waals surface area (Å²) in [7, 11) is 4.33. The second kappa shape index (κ2) is 2.91. The first-order valence-corrected chi connectivity index (χ1v) is 5.06. The van der Waals surface area contributed by atoms with Gasteiger partial charge in [0, 0.05) is 20.6 Å². The maximum atomic E-state index is 2.36. The smallest absolute Gasteiger partial charge is 0.0606 e. The van der Waals surface area contributed by atoms with Crippen LogP contribution in [0.25, 0.3) is 0 Å². The number of fused-ring (bicyclic) bond motifs is 1. The zero-order valence-corrected chi connectivity index (χ0v) is 9.41. The van der Waals surface area contributed by atoms with Crippen molar-refractivity contribution in [2.45, 2.75) is 19.4 Å². The molecule has 2 rings (SSSR count). The minimum Gasteiger partial charge on any atom is -0.371 e. The first-order chi connectivity index (χ1) is 6.52. The second-order valence-corrected chi connectivity index (χ2v) is 4.72. The molecule has 1 heterocycles. The van der Waals surface area contributed by atoms with Crippen LogP contribution in [-0.4, -0.2) is 26.2 Å². The van der Waals surface area contributed by atoms with Gasteiger partial charge in [-0.05, 0) is 26.0 Å². The Morgan fingerprint density at radius 3 is 2.29 bits per heavy atom. The van der Waals surface area contributed by atoms with Crippen LogP contribution in [0.15, 0.2) is 24.3 Å². The van der Waals surface area contributed by atoms with E-state index in [0.29, 0.717) is 0 Å². The number of hydrogen-bond donors (Lipinski definition) is 0. The van der Waals surface area contributed by atoms with Gasteiger partial charge in [0.1, 0.15) is 0 Å². The van der Waals surface area contributed by atoms with Crippen LogP contribution in [0.5, 0.6) is 0 Å². The highest BCUT2D eigenvalue weighted by Gasteiger charge is 2.32. The monoisotopic (exact) mass is 190 g/mol. The molecule has 2 nitrogen and oxygen atoms in total. The molecule has 0 aliphatic carbocycles. The van der Waals surface area contributed by atoms with Crippen molar-refractivity contribution < 1.29 is 0 Å². The van der Waals surface area contributed by atoms with Crippen LogP contribution in [-0.2, 0) is 0 Å². The van der Waals surface area contributed by atoms with Crippen LogP contribution in [0, 0.1) is 0 Å². The van der Waals surface area contributed by atoms with E-state index < -0.39 is 0 Å². The second-order valence-electron chi connectivity index (χ2n) is 4.72. The van der Waals surface area contributed by atoms with E-state index in [9.17, 15) is 0 Å². The summed E-state index contributed by atoms with van der Waals surface area (Å²) in [5, 5.41) is 0. The molecule has 14 heavy (non-hydrogen) atoms. The van der Waals surface area contributed by atoms with Crippen LogP contribution < -0.4 is 9.80 Å². The third-order valence-corrected chi connectivity index (χ3v) is 3.19. The number of benzene rings is 1. The molecule has 0 aromatic heterocycles. The molecule has 1 aliphatic rings. The number of hydrogen-bond acceptors (Lipinski definition) is 2. The molecule has 0 N–H and O–H groups in total. The lowest BCUT2D eigenvalue weighted by atomic mass is 9.97. The molecule has 0 spiro atoms. The molecule has 76 valence electrons. The Labute approximate surface area is 86.1 Å². The van der Waals surface area contributed by atoms with E-state index >= 15 is 0 Å². The van der Waals surface area contributed by atoms with Gasteiger partial charge in [-0.15, -0.1) is 0 Å². The molecule has 1 aromatic carbocycles. The summed E-state index contributed by atoms with van der Waals surface area (Å²) in [5.74, 6) is 0. The first kappa shape index (κ1) is 9.38. The molecule has 0 amide bonds. The van der Waals surface area contributed by atoms with E-state index in [0.717, 1.165) is 6.54 Å². The lowest BCUT2D eigenvalue weighted by molar-refractivity contribution is 0.473. The fourth-order valence-corrected chi connectivity index (χ4v) is 2.17. The van der Waals surface area contributed by atoms with Gasteiger partial charge >= 0.3 is 0 Å². The third kappa shape index (κ3) is 1.26. The summed E-state index contributed by atoms with van der Waals surface area (Å²) in [5.41, 5.74) is 2.86. The van der Waals surface area contributed by atoms with Gasteiger partial charge in [0.15, 0.2) is 0 Å². The van der Waals surface area contributed by atoms with Gasteiger partial charge in [-0.3, -0.25) is 0 Å². The Morgan fingerprint density at radius 1 is 1.07 bits per heavy atom. The molecule has 1 aliphatic heterocycles. The normalized spacial score (nSPS) is 19.4. The Bertz CT molecular complexity index is 344. The Morgan fingerprint density at radius 2 is 1.64 bits per heavy atom. The topological polar surface area (TPSA) is 6.48 Å². The number of anilines is 2. The van der Waals surface area contributed by atoms with Gasteiger partial charge in [0.25, 0.3) is 0 Å². The van der Waals surface area contributed by atoms with Gasteiger partial charge in [0.05, 0.1) is 16.9 Å². The van der Waals surface area contributed by atoms with Gasteiger partial charge in [-0.2, -0.15) is 0 Å². The largest absolute Gasteiger partial charge is 0.371 e. The van der Waals surface area contributed by atoms with E-state index in [1.54, 1.807) is 0 Å². The maximum Gasteiger partial charge on any atom is 0.0606 e. The molecule has 0 fully saturated rings. The molecule has 2 heteroatoms. The SMILES string of the molecule is CN1CC(C)(C)N(C)c2ccccc21. The van der Waals surface area contributed by atoms with E-state index in [4.69, 9.17) is 0 Å². The molecule has 0 bridgehead atoms. The van der Waals surface area contributed by atoms with Crippen molar-refractivity contribution >= 4 is 11.4 Å². The molecule has 0 radical (unpaired) electrons.